The van der Waals surface area contributed by atoms with Crippen LogP contribution in [0.5, 0.6) is 5.75 Å². The Morgan fingerprint density at radius 3 is 2.43 bits per heavy atom. The van der Waals surface area contributed by atoms with E-state index in [0.717, 1.165) is 101 Å². The summed E-state index contributed by atoms with van der Waals surface area (Å²) in [6.45, 7) is 6.84. The molecule has 4 amide bonds. The molecule has 14 nitrogen and oxygen atoms in total. The third-order valence-corrected chi connectivity index (χ3v) is 11.6. The Kier molecular flexibility index (Phi) is 12.6. The van der Waals surface area contributed by atoms with Crippen molar-refractivity contribution in [3.8, 4) is 11.8 Å². The van der Waals surface area contributed by atoms with Gasteiger partial charge in [-0.05, 0) is 81.9 Å². The van der Waals surface area contributed by atoms with Crippen LogP contribution in [0.2, 0.25) is 5.02 Å². The van der Waals surface area contributed by atoms with Gasteiger partial charge in [-0.1, -0.05) is 18.5 Å². The molecule has 3 aromatic heterocycles. The molecule has 3 fully saturated rings. The number of hydrogen-bond donors (Lipinski definition) is 3. The van der Waals surface area contributed by atoms with Crippen LogP contribution in [0, 0.1) is 17.2 Å². The van der Waals surface area contributed by atoms with Crippen molar-refractivity contribution in [3.63, 3.8) is 0 Å². The van der Waals surface area contributed by atoms with E-state index in [1.807, 2.05) is 19.2 Å². The third-order valence-electron chi connectivity index (χ3n) is 11.3. The number of likely N-dealkylation sites (tertiary alicyclic amines) is 1. The normalized spacial score (nSPS) is 19.6. The molecule has 5 heterocycles. The van der Waals surface area contributed by atoms with Gasteiger partial charge in [0, 0.05) is 68.9 Å². The lowest BCUT2D eigenvalue weighted by molar-refractivity contribution is -0.119. The zero-order chi connectivity index (χ0) is 39.0. The summed E-state index contributed by atoms with van der Waals surface area (Å²) < 4.78 is 8.36. The van der Waals surface area contributed by atoms with Crippen LogP contribution in [0.25, 0.3) is 10.9 Å². The smallest absolute Gasteiger partial charge is 0.325 e. The van der Waals surface area contributed by atoms with Crippen molar-refractivity contribution >= 4 is 51.9 Å². The summed E-state index contributed by atoms with van der Waals surface area (Å²) in [6, 6.07) is 9.03. The zero-order valence-electron chi connectivity index (χ0n) is 31.8. The van der Waals surface area contributed by atoms with E-state index in [4.69, 9.17) is 21.6 Å². The highest BCUT2D eigenvalue weighted by molar-refractivity contribution is 6.31. The number of carbonyl (C=O) groups excluding carboxylic acids is 3. The Bertz CT molecular complexity index is 2040. The fraction of sp³-hybridized carbons (Fsp3) is 0.488. The summed E-state index contributed by atoms with van der Waals surface area (Å²) in [6.07, 6.45) is 17.3. The average molecular weight is 781 g/mol. The van der Waals surface area contributed by atoms with Crippen molar-refractivity contribution in [2.75, 3.05) is 42.9 Å². The van der Waals surface area contributed by atoms with Gasteiger partial charge in [0.05, 0.1) is 52.7 Å². The minimum Gasteiger partial charge on any atom is -0.490 e. The lowest BCUT2D eigenvalue weighted by Crippen LogP contribution is -2.42. The van der Waals surface area contributed by atoms with E-state index in [1.54, 1.807) is 36.8 Å². The van der Waals surface area contributed by atoms with Crippen LogP contribution in [0.4, 0.5) is 16.3 Å². The lowest BCUT2D eigenvalue weighted by Gasteiger charge is -2.38. The van der Waals surface area contributed by atoms with Crippen molar-refractivity contribution in [1.82, 2.24) is 35.1 Å². The van der Waals surface area contributed by atoms with Gasteiger partial charge in [0.15, 0.2) is 0 Å². The maximum absolute atomic E-state index is 13.0. The summed E-state index contributed by atoms with van der Waals surface area (Å²) in [5.41, 5.74) is 2.31. The van der Waals surface area contributed by atoms with E-state index in [2.05, 4.69) is 57.5 Å². The number of imide groups is 1. The fourth-order valence-electron chi connectivity index (χ4n) is 8.19. The van der Waals surface area contributed by atoms with Crippen LogP contribution in [0.15, 0.2) is 55.2 Å². The topological polar surface area (TPSA) is 170 Å². The van der Waals surface area contributed by atoms with Crippen LogP contribution >= 0.6 is 11.6 Å². The predicted molar refractivity (Wildman–Crippen MR) is 214 cm³/mol. The number of nitriles is 1. The van der Waals surface area contributed by atoms with E-state index < -0.39 is 6.03 Å². The minimum atomic E-state index is -0.540. The van der Waals surface area contributed by atoms with Crippen LogP contribution < -0.4 is 25.6 Å². The molecule has 0 bridgehead atoms. The highest BCUT2D eigenvalue weighted by Crippen LogP contribution is 2.32. The number of urea groups is 1. The molecule has 0 unspecified atom stereocenters. The number of fused-ring (bicyclic) bond motifs is 1. The second kappa shape index (κ2) is 18.1. The number of hydrogen-bond acceptors (Lipinski definition) is 10. The maximum Gasteiger partial charge on any atom is 0.325 e. The quantitative estimate of drug-likeness (QED) is 0.153. The molecule has 15 heteroatoms. The summed E-state index contributed by atoms with van der Waals surface area (Å²) in [4.78, 5) is 55.6. The number of halogens is 1. The lowest BCUT2D eigenvalue weighted by atomic mass is 9.93. The first-order valence-corrected chi connectivity index (χ1v) is 20.2. The molecule has 56 heavy (non-hydrogen) atoms. The van der Waals surface area contributed by atoms with Crippen molar-refractivity contribution < 1.29 is 19.1 Å². The van der Waals surface area contributed by atoms with E-state index in [1.165, 1.54) is 0 Å². The first-order valence-electron chi connectivity index (χ1n) is 19.8. The number of nitrogens with one attached hydrogen (secondary N) is 3. The Labute approximate surface area is 332 Å². The second-order valence-electron chi connectivity index (χ2n) is 15.1. The van der Waals surface area contributed by atoms with Gasteiger partial charge >= 0.3 is 6.03 Å². The number of aromatic nitrogens is 4. The first kappa shape index (κ1) is 39.0. The monoisotopic (exact) mass is 780 g/mol. The number of rotatable bonds is 11. The number of amides is 4. The van der Waals surface area contributed by atoms with Crippen molar-refractivity contribution in [1.29, 1.82) is 5.26 Å². The first-order chi connectivity index (χ1) is 27.3. The average Bonchev–Trinajstić information content (AvgIpc) is 3.65. The molecule has 1 aliphatic carbocycles. The van der Waals surface area contributed by atoms with E-state index in [0.29, 0.717) is 52.5 Å². The van der Waals surface area contributed by atoms with Crippen LogP contribution in [0.3, 0.4) is 0 Å². The Hall–Kier alpha value is -5.26. The molecule has 2 aliphatic heterocycles. The fourth-order valence-corrected chi connectivity index (χ4v) is 8.40. The summed E-state index contributed by atoms with van der Waals surface area (Å²) >= 11 is 6.15. The number of anilines is 2. The number of ether oxygens (including phenoxy) is 1. The second-order valence-corrected chi connectivity index (χ2v) is 15.5. The number of pyridine rings is 1. The Balaban J connectivity index is 0.817. The van der Waals surface area contributed by atoms with E-state index in [-0.39, 0.29) is 24.0 Å². The summed E-state index contributed by atoms with van der Waals surface area (Å²) in [7, 11) is 0. The van der Waals surface area contributed by atoms with Crippen LogP contribution in [0.1, 0.15) is 93.2 Å². The van der Waals surface area contributed by atoms with Crippen molar-refractivity contribution in [3.05, 3.63) is 71.5 Å². The van der Waals surface area contributed by atoms with E-state index in [9.17, 15) is 14.4 Å². The van der Waals surface area contributed by atoms with Gasteiger partial charge in [0.1, 0.15) is 23.3 Å². The SMILES string of the molecule is CCCC(=O)NC(=O)Nc1cncc2c1ccn2C1CCN(CC2CCN(c3cnc(C(=O)NC4CCC(Oc5ccc(C#N)c(Cl)c5)CC4)cn3)CC2)CC1. The van der Waals surface area contributed by atoms with Gasteiger partial charge in [-0.15, -0.1) is 0 Å². The third kappa shape index (κ3) is 9.57. The van der Waals surface area contributed by atoms with Crippen LogP contribution in [-0.4, -0.2) is 87.1 Å². The van der Waals surface area contributed by atoms with Gasteiger partial charge in [0.2, 0.25) is 5.91 Å². The molecular formula is C41H49ClN10O4. The minimum absolute atomic E-state index is 0.0317. The summed E-state index contributed by atoms with van der Waals surface area (Å²) in [5, 5.41) is 18.7. The molecule has 4 aromatic rings. The molecule has 7 rings (SSSR count). The highest BCUT2D eigenvalue weighted by atomic mass is 35.5. The van der Waals surface area contributed by atoms with Gasteiger partial charge in [-0.2, -0.15) is 5.26 Å². The number of nitrogens with zero attached hydrogens (tertiary/aromatic N) is 7. The number of benzene rings is 1. The standard InChI is InChI=1S/C41H49ClN10O4/c1-2-3-39(53)49-41(55)48-35-22-44-24-37-33(35)14-19-52(37)30-12-15-50(16-13-30)26-27-10-17-51(18-11-27)38-25-45-36(23-46-38)40(54)47-29-5-8-31(9-6-29)56-32-7-4-28(21-43)34(42)20-32/h4,7,14,19-20,22-25,27,29-31H,2-3,5-6,8-13,15-18,26H2,1H3,(H,47,54)(H2,48,49,53,55). The predicted octanol–water partition coefficient (Wildman–Crippen LogP) is 6.47. The highest BCUT2D eigenvalue weighted by Gasteiger charge is 2.28. The molecule has 0 atom stereocenters. The zero-order valence-corrected chi connectivity index (χ0v) is 32.5. The van der Waals surface area contributed by atoms with Gasteiger partial charge in [0.25, 0.3) is 5.91 Å². The largest absolute Gasteiger partial charge is 0.490 e. The molecule has 1 saturated carbocycles. The van der Waals surface area contributed by atoms with Crippen molar-refractivity contribution in [2.45, 2.75) is 89.3 Å². The number of piperidine rings is 2. The van der Waals surface area contributed by atoms with Crippen LogP contribution in [-0.2, 0) is 4.79 Å². The maximum atomic E-state index is 13.0. The molecule has 294 valence electrons. The van der Waals surface area contributed by atoms with Gasteiger partial charge in [-0.3, -0.25) is 19.9 Å². The Morgan fingerprint density at radius 2 is 1.73 bits per heavy atom. The number of carbonyl (C=O) groups is 3. The molecule has 2 saturated heterocycles. The molecular weight excluding hydrogens is 732 g/mol. The molecule has 0 spiro atoms. The molecule has 1 aromatic carbocycles. The molecule has 0 radical (unpaired) electrons. The van der Waals surface area contributed by atoms with E-state index >= 15 is 0 Å². The van der Waals surface area contributed by atoms with Crippen molar-refractivity contribution in [2.24, 2.45) is 5.92 Å². The Morgan fingerprint density at radius 1 is 0.946 bits per heavy atom. The summed E-state index contributed by atoms with van der Waals surface area (Å²) in [5.74, 6) is 1.56. The van der Waals surface area contributed by atoms with Gasteiger partial charge in [-0.25, -0.2) is 14.8 Å². The molecule has 3 N–H and O–H groups in total. The van der Waals surface area contributed by atoms with Gasteiger partial charge < -0.3 is 29.7 Å². The molecule has 3 aliphatic rings.